The number of benzene rings is 2. The first-order chi connectivity index (χ1) is 9.72. The Morgan fingerprint density at radius 1 is 1.05 bits per heavy atom. The smallest absolute Gasteiger partial charge is 0.262 e. The Kier molecular flexibility index (Phi) is 4.37. The second-order valence-corrected chi connectivity index (χ2v) is 7.12. The molecule has 0 unspecified atom stereocenters. The first kappa shape index (κ1) is 15.9. The highest BCUT2D eigenvalue weighted by atomic mass is 35.5. The lowest BCUT2D eigenvalue weighted by atomic mass is 10.1. The SMILES string of the molecule is Cc1cc(N)cc(C)c1S(=O)(=O)Nc1c(Cl)cccc1Cl. The zero-order chi connectivity index (χ0) is 15.8. The number of rotatable bonds is 3. The first-order valence-electron chi connectivity index (χ1n) is 6.06. The highest BCUT2D eigenvalue weighted by Gasteiger charge is 2.22. The summed E-state index contributed by atoms with van der Waals surface area (Å²) in [6.07, 6.45) is 0. The van der Waals surface area contributed by atoms with Crippen molar-refractivity contribution in [2.45, 2.75) is 18.7 Å². The quantitative estimate of drug-likeness (QED) is 0.826. The molecule has 0 atom stereocenters. The van der Waals surface area contributed by atoms with Crippen LogP contribution in [0, 0.1) is 13.8 Å². The summed E-state index contributed by atoms with van der Waals surface area (Å²) >= 11 is 12.0. The molecule has 0 aliphatic heterocycles. The molecule has 0 bridgehead atoms. The highest BCUT2D eigenvalue weighted by molar-refractivity contribution is 7.92. The van der Waals surface area contributed by atoms with E-state index in [0.29, 0.717) is 16.8 Å². The van der Waals surface area contributed by atoms with Crippen LogP contribution in [0.25, 0.3) is 0 Å². The number of hydrogen-bond acceptors (Lipinski definition) is 3. The normalized spacial score (nSPS) is 11.4. The maximum atomic E-state index is 12.6. The van der Waals surface area contributed by atoms with E-state index in [2.05, 4.69) is 4.72 Å². The molecule has 0 aromatic heterocycles. The van der Waals surface area contributed by atoms with Crippen molar-refractivity contribution >= 4 is 44.6 Å². The van der Waals surface area contributed by atoms with Gasteiger partial charge in [0.05, 0.1) is 20.6 Å². The molecule has 0 radical (unpaired) electrons. The van der Waals surface area contributed by atoms with E-state index in [9.17, 15) is 8.42 Å². The Balaban J connectivity index is 2.54. The largest absolute Gasteiger partial charge is 0.399 e. The molecule has 0 amide bonds. The summed E-state index contributed by atoms with van der Waals surface area (Å²) in [6.45, 7) is 3.37. The fourth-order valence-electron chi connectivity index (χ4n) is 2.19. The fourth-order valence-corrected chi connectivity index (χ4v) is 4.35. The van der Waals surface area contributed by atoms with Gasteiger partial charge in [-0.2, -0.15) is 0 Å². The van der Waals surface area contributed by atoms with Crippen molar-refractivity contribution in [1.82, 2.24) is 0 Å². The van der Waals surface area contributed by atoms with E-state index in [1.807, 2.05) is 0 Å². The number of nitrogens with two attached hydrogens (primary N) is 1. The monoisotopic (exact) mass is 344 g/mol. The summed E-state index contributed by atoms with van der Waals surface area (Å²) in [6, 6.07) is 7.98. The Labute approximate surface area is 133 Å². The number of sulfonamides is 1. The molecular weight excluding hydrogens is 331 g/mol. The van der Waals surface area contributed by atoms with Crippen molar-refractivity contribution in [1.29, 1.82) is 0 Å². The van der Waals surface area contributed by atoms with Crippen molar-refractivity contribution in [3.05, 3.63) is 51.5 Å². The van der Waals surface area contributed by atoms with E-state index in [-0.39, 0.29) is 20.6 Å². The molecule has 0 saturated heterocycles. The van der Waals surface area contributed by atoms with Crippen molar-refractivity contribution in [3.8, 4) is 0 Å². The standard InChI is InChI=1S/C14H14Cl2N2O2S/c1-8-6-10(17)7-9(2)14(8)21(19,20)18-13-11(15)4-3-5-12(13)16/h3-7,18H,17H2,1-2H3. The van der Waals surface area contributed by atoms with Crippen LogP contribution in [0.15, 0.2) is 35.2 Å². The van der Waals surface area contributed by atoms with Crippen LogP contribution >= 0.6 is 23.2 Å². The van der Waals surface area contributed by atoms with Crippen LogP contribution in [-0.2, 0) is 10.0 Å². The van der Waals surface area contributed by atoms with Gasteiger partial charge in [0.1, 0.15) is 0 Å². The van der Waals surface area contributed by atoms with E-state index < -0.39 is 10.0 Å². The Hall–Kier alpha value is -1.43. The molecule has 2 aromatic carbocycles. The summed E-state index contributed by atoms with van der Waals surface area (Å²) < 4.78 is 27.6. The molecule has 2 rings (SSSR count). The zero-order valence-corrected chi connectivity index (χ0v) is 13.8. The topological polar surface area (TPSA) is 72.2 Å². The minimum atomic E-state index is -3.81. The Morgan fingerprint density at radius 2 is 1.52 bits per heavy atom. The van der Waals surface area contributed by atoms with Gasteiger partial charge < -0.3 is 5.73 Å². The van der Waals surface area contributed by atoms with E-state index in [0.717, 1.165) is 0 Å². The highest BCUT2D eigenvalue weighted by Crippen LogP contribution is 2.33. The lowest BCUT2D eigenvalue weighted by molar-refractivity contribution is 0.600. The summed E-state index contributed by atoms with van der Waals surface area (Å²) in [5.74, 6) is 0. The van der Waals surface area contributed by atoms with Crippen LogP contribution in [-0.4, -0.2) is 8.42 Å². The zero-order valence-electron chi connectivity index (χ0n) is 11.4. The van der Waals surface area contributed by atoms with Gasteiger partial charge in [0, 0.05) is 5.69 Å². The number of nitrogen functional groups attached to an aromatic ring is 1. The lowest BCUT2D eigenvalue weighted by Gasteiger charge is -2.15. The molecule has 0 aliphatic rings. The molecule has 7 heteroatoms. The molecule has 3 N–H and O–H groups in total. The van der Waals surface area contributed by atoms with E-state index >= 15 is 0 Å². The first-order valence-corrected chi connectivity index (χ1v) is 8.30. The molecule has 0 fully saturated rings. The summed E-state index contributed by atoms with van der Waals surface area (Å²) in [5, 5.41) is 0.466. The average Bonchev–Trinajstić information content (AvgIpc) is 2.32. The average molecular weight is 345 g/mol. The Morgan fingerprint density at radius 3 is 2.00 bits per heavy atom. The van der Waals surface area contributed by atoms with Gasteiger partial charge >= 0.3 is 0 Å². The van der Waals surface area contributed by atoms with Gasteiger partial charge in [0.2, 0.25) is 0 Å². The van der Waals surface area contributed by atoms with E-state index in [1.54, 1.807) is 44.2 Å². The maximum absolute atomic E-state index is 12.6. The number of halogens is 2. The van der Waals surface area contributed by atoms with Crippen molar-refractivity contribution in [3.63, 3.8) is 0 Å². The second-order valence-electron chi connectivity index (χ2n) is 4.69. The van der Waals surface area contributed by atoms with Crippen LogP contribution in [0.5, 0.6) is 0 Å². The molecular formula is C14H14Cl2N2O2S. The molecule has 0 heterocycles. The van der Waals surface area contributed by atoms with E-state index in [1.165, 1.54) is 0 Å². The van der Waals surface area contributed by atoms with Gasteiger partial charge in [0.15, 0.2) is 0 Å². The number of anilines is 2. The van der Waals surface area contributed by atoms with Gasteiger partial charge in [-0.05, 0) is 49.2 Å². The summed E-state index contributed by atoms with van der Waals surface area (Å²) in [4.78, 5) is 0.174. The van der Waals surface area contributed by atoms with Gasteiger partial charge in [0.25, 0.3) is 10.0 Å². The number of hydrogen-bond donors (Lipinski definition) is 2. The number of nitrogens with one attached hydrogen (secondary N) is 1. The third-order valence-corrected chi connectivity index (χ3v) is 5.23. The molecule has 21 heavy (non-hydrogen) atoms. The predicted octanol–water partition coefficient (Wildman–Crippen LogP) is 3.99. The molecule has 0 spiro atoms. The maximum Gasteiger partial charge on any atom is 0.262 e. The van der Waals surface area contributed by atoms with Crippen LogP contribution in [0.2, 0.25) is 10.0 Å². The van der Waals surface area contributed by atoms with Crippen molar-refractivity contribution < 1.29 is 8.42 Å². The molecule has 2 aromatic rings. The minimum absolute atomic E-state index is 0.163. The van der Waals surface area contributed by atoms with Crippen LogP contribution in [0.3, 0.4) is 0 Å². The van der Waals surface area contributed by atoms with Gasteiger partial charge in [-0.15, -0.1) is 0 Å². The van der Waals surface area contributed by atoms with Crippen LogP contribution in [0.4, 0.5) is 11.4 Å². The summed E-state index contributed by atoms with van der Waals surface area (Å²) in [7, 11) is -3.81. The van der Waals surface area contributed by atoms with Crippen LogP contribution in [0.1, 0.15) is 11.1 Å². The lowest BCUT2D eigenvalue weighted by Crippen LogP contribution is -2.16. The van der Waals surface area contributed by atoms with Gasteiger partial charge in [-0.3, -0.25) is 4.72 Å². The van der Waals surface area contributed by atoms with Gasteiger partial charge in [-0.1, -0.05) is 29.3 Å². The molecule has 112 valence electrons. The van der Waals surface area contributed by atoms with Gasteiger partial charge in [-0.25, -0.2) is 8.42 Å². The van der Waals surface area contributed by atoms with Crippen molar-refractivity contribution in [2.24, 2.45) is 0 Å². The molecule has 0 saturated carbocycles. The Bertz CT molecular complexity index is 761. The number of aryl methyl sites for hydroxylation is 2. The predicted molar refractivity (Wildman–Crippen MR) is 87.6 cm³/mol. The molecule has 4 nitrogen and oxygen atoms in total. The minimum Gasteiger partial charge on any atom is -0.399 e. The third kappa shape index (κ3) is 3.26. The number of para-hydroxylation sites is 1. The van der Waals surface area contributed by atoms with Crippen LogP contribution < -0.4 is 10.5 Å². The summed E-state index contributed by atoms with van der Waals surface area (Å²) in [5.41, 5.74) is 7.51. The molecule has 0 aliphatic carbocycles. The fraction of sp³-hybridized carbons (Fsp3) is 0.143. The second kappa shape index (κ2) is 5.75. The van der Waals surface area contributed by atoms with Crippen molar-refractivity contribution in [2.75, 3.05) is 10.5 Å². The van der Waals surface area contributed by atoms with E-state index in [4.69, 9.17) is 28.9 Å². The third-order valence-electron chi connectivity index (χ3n) is 2.95.